The van der Waals surface area contributed by atoms with Gasteiger partial charge in [-0.2, -0.15) is 0 Å². The third kappa shape index (κ3) is 4.08. The molecule has 2 amide bonds. The Morgan fingerprint density at radius 2 is 1.50 bits per heavy atom. The molecule has 34 heavy (non-hydrogen) atoms. The van der Waals surface area contributed by atoms with E-state index in [0.717, 1.165) is 16.0 Å². The average molecular weight is 459 g/mol. The number of imide groups is 1. The molecule has 0 spiro atoms. The Bertz CT molecular complexity index is 1310. The molecule has 0 saturated carbocycles. The second kappa shape index (κ2) is 9.31. The van der Waals surface area contributed by atoms with Gasteiger partial charge in [-0.05, 0) is 49.2 Å². The number of hydrogen-bond donors (Lipinski definition) is 1. The molecular weight excluding hydrogens is 432 g/mol. The van der Waals surface area contributed by atoms with Crippen molar-refractivity contribution in [1.29, 1.82) is 0 Å². The number of amides is 2. The van der Waals surface area contributed by atoms with Crippen molar-refractivity contribution in [3.05, 3.63) is 83.1 Å². The lowest BCUT2D eigenvalue weighted by Crippen LogP contribution is -2.32. The highest BCUT2D eigenvalue weighted by Gasteiger charge is 2.41. The fourth-order valence-electron chi connectivity index (χ4n) is 4.02. The number of nitrogens with one attached hydrogen (secondary N) is 1. The molecule has 3 aromatic carbocycles. The van der Waals surface area contributed by atoms with Gasteiger partial charge in [-0.3, -0.25) is 9.59 Å². The molecule has 0 unspecified atom stereocenters. The van der Waals surface area contributed by atoms with Gasteiger partial charge in [0, 0.05) is 12.1 Å². The Labute approximate surface area is 198 Å². The number of hydrogen-bond acceptors (Lipinski definition) is 6. The summed E-state index contributed by atoms with van der Waals surface area (Å²) in [5, 5.41) is 3.17. The molecule has 4 rings (SSSR count). The number of ether oxygens (including phenoxy) is 3. The number of carbonyl (C=O) groups is 2. The lowest BCUT2D eigenvalue weighted by molar-refractivity contribution is -0.120. The van der Waals surface area contributed by atoms with Gasteiger partial charge in [0.15, 0.2) is 0 Å². The van der Waals surface area contributed by atoms with Crippen LogP contribution >= 0.6 is 0 Å². The summed E-state index contributed by atoms with van der Waals surface area (Å²) in [6, 6.07) is 17.8. The summed E-state index contributed by atoms with van der Waals surface area (Å²) in [6.07, 6.45) is 0. The van der Waals surface area contributed by atoms with Gasteiger partial charge in [0.05, 0.1) is 38.3 Å². The molecule has 0 aliphatic carbocycles. The lowest BCUT2D eigenvalue weighted by Gasteiger charge is -2.17. The van der Waals surface area contributed by atoms with Gasteiger partial charge < -0.3 is 19.5 Å². The Balaban J connectivity index is 1.89. The molecule has 7 heteroatoms. The summed E-state index contributed by atoms with van der Waals surface area (Å²) in [6.45, 7) is 3.90. The summed E-state index contributed by atoms with van der Waals surface area (Å²) in [4.78, 5) is 28.6. The van der Waals surface area contributed by atoms with Gasteiger partial charge in [0.1, 0.15) is 22.9 Å². The van der Waals surface area contributed by atoms with Crippen LogP contribution in [-0.4, -0.2) is 33.1 Å². The molecule has 174 valence electrons. The number of aryl methyl sites for hydroxylation is 2. The van der Waals surface area contributed by atoms with Crippen LogP contribution in [0.2, 0.25) is 0 Å². The van der Waals surface area contributed by atoms with Crippen LogP contribution in [0.3, 0.4) is 0 Å². The topological polar surface area (TPSA) is 77.1 Å². The third-order valence-electron chi connectivity index (χ3n) is 5.71. The fraction of sp³-hybridized carbons (Fsp3) is 0.185. The maximum Gasteiger partial charge on any atom is 0.282 e. The first-order valence-electron chi connectivity index (χ1n) is 10.7. The molecule has 1 aliphatic heterocycles. The highest BCUT2D eigenvalue weighted by atomic mass is 16.5. The predicted molar refractivity (Wildman–Crippen MR) is 131 cm³/mol. The molecule has 0 radical (unpaired) electrons. The maximum atomic E-state index is 13.7. The van der Waals surface area contributed by atoms with Crippen molar-refractivity contribution in [2.24, 2.45) is 0 Å². The van der Waals surface area contributed by atoms with Crippen molar-refractivity contribution in [2.75, 3.05) is 31.5 Å². The molecule has 0 bridgehead atoms. The zero-order valence-corrected chi connectivity index (χ0v) is 19.8. The van der Waals surface area contributed by atoms with Crippen molar-refractivity contribution in [2.45, 2.75) is 13.8 Å². The molecule has 3 aromatic rings. The number of carbonyl (C=O) groups excluding carboxylic acids is 2. The average Bonchev–Trinajstić information content (AvgIpc) is 3.08. The Hall–Kier alpha value is -4.26. The van der Waals surface area contributed by atoms with Gasteiger partial charge in [-0.25, -0.2) is 4.90 Å². The van der Waals surface area contributed by atoms with Crippen molar-refractivity contribution in [1.82, 2.24) is 0 Å². The first-order valence-corrected chi connectivity index (χ1v) is 10.7. The van der Waals surface area contributed by atoms with E-state index in [1.165, 1.54) is 14.2 Å². The zero-order chi connectivity index (χ0) is 24.4. The molecule has 1 aliphatic rings. The van der Waals surface area contributed by atoms with Crippen LogP contribution in [0.15, 0.2) is 66.4 Å². The Morgan fingerprint density at radius 1 is 0.765 bits per heavy atom. The minimum Gasteiger partial charge on any atom is -0.497 e. The monoisotopic (exact) mass is 458 g/mol. The van der Waals surface area contributed by atoms with Crippen LogP contribution in [0.25, 0.3) is 5.57 Å². The highest BCUT2D eigenvalue weighted by molar-refractivity contribution is 6.46. The Kier molecular flexibility index (Phi) is 6.27. The molecule has 0 aromatic heterocycles. The van der Waals surface area contributed by atoms with Crippen LogP contribution in [0.5, 0.6) is 17.2 Å². The van der Waals surface area contributed by atoms with E-state index in [-0.39, 0.29) is 11.3 Å². The lowest BCUT2D eigenvalue weighted by atomic mass is 9.97. The summed E-state index contributed by atoms with van der Waals surface area (Å²) >= 11 is 0. The highest BCUT2D eigenvalue weighted by Crippen LogP contribution is 2.38. The van der Waals surface area contributed by atoms with E-state index >= 15 is 0 Å². The third-order valence-corrected chi connectivity index (χ3v) is 5.71. The minimum absolute atomic E-state index is 0.159. The maximum absolute atomic E-state index is 13.7. The van der Waals surface area contributed by atoms with E-state index in [1.807, 2.05) is 32.0 Å². The van der Waals surface area contributed by atoms with Gasteiger partial charge in [0.25, 0.3) is 11.8 Å². The van der Waals surface area contributed by atoms with Crippen molar-refractivity contribution < 1.29 is 23.8 Å². The van der Waals surface area contributed by atoms with Crippen LogP contribution in [0.4, 0.5) is 11.4 Å². The van der Waals surface area contributed by atoms with Crippen LogP contribution in [0, 0.1) is 13.8 Å². The minimum atomic E-state index is -0.474. The molecule has 1 heterocycles. The van der Waals surface area contributed by atoms with E-state index in [1.54, 1.807) is 49.6 Å². The van der Waals surface area contributed by atoms with E-state index in [2.05, 4.69) is 5.32 Å². The van der Waals surface area contributed by atoms with Gasteiger partial charge in [-0.15, -0.1) is 0 Å². The first kappa shape index (κ1) is 22.9. The van der Waals surface area contributed by atoms with E-state index in [0.29, 0.717) is 34.2 Å². The van der Waals surface area contributed by atoms with E-state index in [4.69, 9.17) is 14.2 Å². The number of anilines is 2. The van der Waals surface area contributed by atoms with Gasteiger partial charge in [-0.1, -0.05) is 29.8 Å². The molecular formula is C27H26N2O5. The summed E-state index contributed by atoms with van der Waals surface area (Å²) in [5.41, 5.74) is 4.01. The second-order valence-electron chi connectivity index (χ2n) is 7.91. The normalized spacial score (nSPS) is 13.4. The SMILES string of the molecule is COc1cccc(N2C(=O)C(Nc3cc(OC)ccc3OC)=C(c3ccc(C)cc3C)C2=O)c1. The summed E-state index contributed by atoms with van der Waals surface area (Å²) < 4.78 is 16.1. The standard InChI is InChI=1S/C27H26N2O5/c1-16-9-11-21(17(2)13-16)24-25(28-22-15-20(33-4)10-12-23(22)34-5)27(31)29(26(24)30)18-7-6-8-19(14-18)32-3/h6-15,28H,1-5H3. The number of benzene rings is 3. The first-order chi connectivity index (χ1) is 16.4. The predicted octanol–water partition coefficient (Wildman–Crippen LogP) is 4.73. The quantitative estimate of drug-likeness (QED) is 0.516. The second-order valence-corrected chi connectivity index (χ2v) is 7.91. The van der Waals surface area contributed by atoms with Gasteiger partial charge in [0.2, 0.25) is 0 Å². The fourth-order valence-corrected chi connectivity index (χ4v) is 4.02. The Morgan fingerprint density at radius 3 is 2.18 bits per heavy atom. The van der Waals surface area contributed by atoms with Crippen LogP contribution in [-0.2, 0) is 9.59 Å². The van der Waals surface area contributed by atoms with Crippen molar-refractivity contribution in [3.63, 3.8) is 0 Å². The van der Waals surface area contributed by atoms with Crippen molar-refractivity contribution in [3.8, 4) is 17.2 Å². The largest absolute Gasteiger partial charge is 0.497 e. The van der Waals surface area contributed by atoms with Crippen LogP contribution < -0.4 is 24.4 Å². The molecule has 1 N–H and O–H groups in total. The van der Waals surface area contributed by atoms with E-state index < -0.39 is 11.8 Å². The van der Waals surface area contributed by atoms with E-state index in [9.17, 15) is 9.59 Å². The number of methoxy groups -OCH3 is 3. The van der Waals surface area contributed by atoms with Gasteiger partial charge >= 0.3 is 0 Å². The van der Waals surface area contributed by atoms with Crippen LogP contribution in [0.1, 0.15) is 16.7 Å². The smallest absolute Gasteiger partial charge is 0.282 e. The number of rotatable bonds is 7. The molecule has 0 atom stereocenters. The summed E-state index contributed by atoms with van der Waals surface area (Å²) in [5.74, 6) is 0.737. The molecule has 7 nitrogen and oxygen atoms in total. The molecule has 0 fully saturated rings. The number of nitrogens with zero attached hydrogens (tertiary/aromatic N) is 1. The molecule has 0 saturated heterocycles. The summed E-state index contributed by atoms with van der Waals surface area (Å²) in [7, 11) is 4.63. The zero-order valence-electron chi connectivity index (χ0n) is 19.8. The van der Waals surface area contributed by atoms with Crippen molar-refractivity contribution >= 4 is 28.8 Å².